The molecular weight excluding hydrogens is 244 g/mol. The molecule has 0 spiro atoms. The summed E-state index contributed by atoms with van der Waals surface area (Å²) in [6.07, 6.45) is 1.40. The monoisotopic (exact) mass is 258 g/mol. The summed E-state index contributed by atoms with van der Waals surface area (Å²) in [4.78, 5) is 0. The van der Waals surface area contributed by atoms with Gasteiger partial charge in [0.05, 0.1) is 26.7 Å². The summed E-state index contributed by atoms with van der Waals surface area (Å²) in [5.41, 5.74) is 0.619. The summed E-state index contributed by atoms with van der Waals surface area (Å²) < 4.78 is 36.7. The Morgan fingerprint density at radius 2 is 1.82 bits per heavy atom. The van der Waals surface area contributed by atoms with E-state index in [0.29, 0.717) is 17.1 Å². The first-order valence-corrected chi connectivity index (χ1v) is 6.20. The van der Waals surface area contributed by atoms with E-state index in [1.54, 1.807) is 25.3 Å². The molecule has 1 aromatic rings. The van der Waals surface area contributed by atoms with E-state index < -0.39 is 10.1 Å². The van der Waals surface area contributed by atoms with Gasteiger partial charge in [-0.1, -0.05) is 0 Å². The van der Waals surface area contributed by atoms with E-state index in [1.165, 1.54) is 13.2 Å². The van der Waals surface area contributed by atoms with Crippen LogP contribution in [0.2, 0.25) is 0 Å². The lowest BCUT2D eigenvalue weighted by atomic mass is 10.2. The molecule has 5 nitrogen and oxygen atoms in total. The van der Waals surface area contributed by atoms with Gasteiger partial charge in [-0.2, -0.15) is 8.42 Å². The fourth-order valence-electron chi connectivity index (χ4n) is 1.17. The van der Waals surface area contributed by atoms with Crippen molar-refractivity contribution < 1.29 is 22.1 Å². The van der Waals surface area contributed by atoms with Crippen molar-refractivity contribution in [2.75, 3.05) is 21.3 Å². The average Bonchev–Trinajstić information content (AvgIpc) is 2.36. The average molecular weight is 258 g/mol. The highest BCUT2D eigenvalue weighted by molar-refractivity contribution is 7.89. The highest BCUT2D eigenvalue weighted by Crippen LogP contribution is 2.25. The van der Waals surface area contributed by atoms with E-state index in [4.69, 9.17) is 9.47 Å². The van der Waals surface area contributed by atoms with Crippen LogP contribution in [0.25, 0.3) is 6.08 Å². The van der Waals surface area contributed by atoms with Crippen molar-refractivity contribution in [2.24, 2.45) is 0 Å². The fraction of sp³-hybridized carbons (Fsp3) is 0.273. The Kier molecular flexibility index (Phi) is 4.53. The fourth-order valence-corrected chi connectivity index (χ4v) is 1.59. The lowest BCUT2D eigenvalue weighted by molar-refractivity contribution is 0.394. The third kappa shape index (κ3) is 3.76. The molecule has 0 radical (unpaired) electrons. The molecule has 0 aliphatic carbocycles. The maximum Gasteiger partial charge on any atom is 0.289 e. The highest BCUT2D eigenvalue weighted by Gasteiger charge is 2.05. The zero-order chi connectivity index (χ0) is 12.9. The van der Waals surface area contributed by atoms with Gasteiger partial charge < -0.3 is 9.47 Å². The van der Waals surface area contributed by atoms with Gasteiger partial charge in [-0.15, -0.1) is 0 Å². The summed E-state index contributed by atoms with van der Waals surface area (Å²) in [7, 11) is 0.515. The topological polar surface area (TPSA) is 61.8 Å². The van der Waals surface area contributed by atoms with Crippen molar-refractivity contribution in [3.8, 4) is 11.5 Å². The minimum absolute atomic E-state index is 0.520. The predicted molar refractivity (Wildman–Crippen MR) is 64.5 cm³/mol. The van der Waals surface area contributed by atoms with Gasteiger partial charge in [-0.25, -0.2) is 0 Å². The van der Waals surface area contributed by atoms with Crippen LogP contribution in [0, 0.1) is 0 Å². The molecule has 0 aromatic heterocycles. The van der Waals surface area contributed by atoms with Gasteiger partial charge in [-0.3, -0.25) is 4.18 Å². The SMILES string of the molecule is COc1ccc(/C=C/S(=O)(=O)OC)c(OC)c1. The summed E-state index contributed by atoms with van der Waals surface area (Å²) in [5, 5.41) is 0.970. The van der Waals surface area contributed by atoms with E-state index in [-0.39, 0.29) is 0 Å². The van der Waals surface area contributed by atoms with Crippen LogP contribution in [0.1, 0.15) is 5.56 Å². The van der Waals surface area contributed by atoms with Crippen LogP contribution in [0.3, 0.4) is 0 Å². The van der Waals surface area contributed by atoms with Gasteiger partial charge in [0.1, 0.15) is 11.5 Å². The largest absolute Gasteiger partial charge is 0.497 e. The summed E-state index contributed by atoms with van der Waals surface area (Å²) in [5.74, 6) is 1.15. The molecule has 0 unspecified atom stereocenters. The lowest BCUT2D eigenvalue weighted by Crippen LogP contribution is -1.96. The van der Waals surface area contributed by atoms with Gasteiger partial charge >= 0.3 is 0 Å². The molecule has 17 heavy (non-hydrogen) atoms. The Morgan fingerprint density at radius 1 is 1.12 bits per heavy atom. The van der Waals surface area contributed by atoms with Crippen molar-refractivity contribution in [1.82, 2.24) is 0 Å². The van der Waals surface area contributed by atoms with Gasteiger partial charge in [0, 0.05) is 11.6 Å². The Labute approximate surface area is 101 Å². The van der Waals surface area contributed by atoms with Crippen molar-refractivity contribution in [2.45, 2.75) is 0 Å². The second kappa shape index (κ2) is 5.70. The first-order valence-electron chi connectivity index (χ1n) is 4.73. The molecule has 1 rings (SSSR count). The van der Waals surface area contributed by atoms with Crippen molar-refractivity contribution in [3.05, 3.63) is 29.2 Å². The molecule has 0 saturated carbocycles. The smallest absolute Gasteiger partial charge is 0.289 e. The summed E-state index contributed by atoms with van der Waals surface area (Å²) in [6.45, 7) is 0. The number of methoxy groups -OCH3 is 2. The minimum atomic E-state index is -3.63. The third-order valence-electron chi connectivity index (χ3n) is 2.09. The Balaban J connectivity index is 3.07. The second-order valence-corrected chi connectivity index (χ2v) is 4.66. The molecule has 94 valence electrons. The molecule has 0 aliphatic rings. The van der Waals surface area contributed by atoms with Crippen molar-refractivity contribution in [1.29, 1.82) is 0 Å². The molecule has 1 aromatic carbocycles. The zero-order valence-electron chi connectivity index (χ0n) is 9.84. The van der Waals surface area contributed by atoms with E-state index in [1.807, 2.05) is 0 Å². The quantitative estimate of drug-likeness (QED) is 0.751. The van der Waals surface area contributed by atoms with Gasteiger partial charge in [0.15, 0.2) is 0 Å². The summed E-state index contributed by atoms with van der Waals surface area (Å²) in [6, 6.07) is 5.07. The predicted octanol–water partition coefficient (Wildman–Crippen LogP) is 1.65. The normalized spacial score (nSPS) is 11.7. The Hall–Kier alpha value is -1.53. The van der Waals surface area contributed by atoms with E-state index in [9.17, 15) is 8.42 Å². The third-order valence-corrected chi connectivity index (χ3v) is 3.02. The molecule has 0 amide bonds. The minimum Gasteiger partial charge on any atom is -0.497 e. The maximum absolute atomic E-state index is 11.1. The maximum atomic E-state index is 11.1. The standard InChI is InChI=1S/C11H14O5S/c1-14-10-5-4-9(11(8-10)15-2)6-7-17(12,13)16-3/h4-8H,1-3H3/b7-6+. The Morgan fingerprint density at radius 3 is 2.35 bits per heavy atom. The van der Waals surface area contributed by atoms with Crippen LogP contribution in [-0.4, -0.2) is 29.7 Å². The summed E-state index contributed by atoms with van der Waals surface area (Å²) >= 11 is 0. The molecule has 0 N–H and O–H groups in total. The van der Waals surface area contributed by atoms with E-state index in [2.05, 4.69) is 4.18 Å². The van der Waals surface area contributed by atoms with Crippen LogP contribution in [0.15, 0.2) is 23.6 Å². The number of hydrogen-bond donors (Lipinski definition) is 0. The van der Waals surface area contributed by atoms with Crippen LogP contribution in [-0.2, 0) is 14.3 Å². The first kappa shape index (κ1) is 13.5. The lowest BCUT2D eigenvalue weighted by Gasteiger charge is -2.07. The molecular formula is C11H14O5S. The van der Waals surface area contributed by atoms with Crippen LogP contribution in [0.5, 0.6) is 11.5 Å². The van der Waals surface area contributed by atoms with E-state index in [0.717, 1.165) is 12.5 Å². The molecule has 0 saturated heterocycles. The van der Waals surface area contributed by atoms with Gasteiger partial charge in [0.2, 0.25) is 0 Å². The molecule has 6 heteroatoms. The molecule has 0 atom stereocenters. The van der Waals surface area contributed by atoms with Crippen molar-refractivity contribution >= 4 is 16.2 Å². The van der Waals surface area contributed by atoms with E-state index >= 15 is 0 Å². The van der Waals surface area contributed by atoms with Crippen LogP contribution < -0.4 is 9.47 Å². The highest BCUT2D eigenvalue weighted by atomic mass is 32.2. The number of benzene rings is 1. The molecule has 0 aliphatic heterocycles. The van der Waals surface area contributed by atoms with Crippen LogP contribution in [0.4, 0.5) is 0 Å². The first-order chi connectivity index (χ1) is 8.02. The number of ether oxygens (including phenoxy) is 2. The zero-order valence-corrected chi connectivity index (χ0v) is 10.7. The second-order valence-electron chi connectivity index (χ2n) is 3.07. The van der Waals surface area contributed by atoms with Crippen LogP contribution >= 0.6 is 0 Å². The molecule has 0 fully saturated rings. The number of rotatable bonds is 5. The van der Waals surface area contributed by atoms with Gasteiger partial charge in [0.25, 0.3) is 10.1 Å². The number of hydrogen-bond acceptors (Lipinski definition) is 5. The molecule has 0 bridgehead atoms. The molecule has 0 heterocycles. The Bertz CT molecular complexity index is 505. The van der Waals surface area contributed by atoms with Crippen molar-refractivity contribution in [3.63, 3.8) is 0 Å². The van der Waals surface area contributed by atoms with Gasteiger partial charge in [-0.05, 0) is 18.2 Å².